The van der Waals surface area contributed by atoms with Crippen molar-refractivity contribution in [3.8, 4) is 0 Å². The van der Waals surface area contributed by atoms with Crippen molar-refractivity contribution in [1.29, 1.82) is 0 Å². The largest absolute Gasteiger partial charge is 0.293 e. The van der Waals surface area contributed by atoms with Gasteiger partial charge >= 0.3 is 0 Å². The third kappa shape index (κ3) is 2.81. The fourth-order valence-corrected chi connectivity index (χ4v) is 2.19. The molecule has 1 nitrogen and oxygen atoms in total. The number of halogens is 4. The van der Waals surface area contributed by atoms with Crippen LogP contribution >= 0.6 is 61.7 Å². The summed E-state index contributed by atoms with van der Waals surface area (Å²) in [6, 6.07) is 3.27. The third-order valence-corrected chi connectivity index (χ3v) is 3.78. The van der Waals surface area contributed by atoms with Gasteiger partial charge in [-0.05, 0) is 34.7 Å². The zero-order valence-corrected chi connectivity index (χ0v) is 11.5. The number of hydrogen-bond donors (Lipinski definition) is 0. The van der Waals surface area contributed by atoms with Crippen LogP contribution in [0, 0.1) is 3.57 Å². The molecule has 0 fully saturated rings. The molecule has 0 aliphatic carbocycles. The number of carbonyl (C=O) groups excluding carboxylic acids is 1. The van der Waals surface area contributed by atoms with E-state index in [1.54, 1.807) is 12.1 Å². The van der Waals surface area contributed by atoms with E-state index in [1.165, 1.54) is 0 Å². The molecule has 0 bridgehead atoms. The van der Waals surface area contributed by atoms with E-state index in [1.807, 2.05) is 0 Å². The van der Waals surface area contributed by atoms with Gasteiger partial charge in [0, 0.05) is 9.13 Å². The normalized spacial score (nSPS) is 10.2. The summed E-state index contributed by atoms with van der Waals surface area (Å²) in [6.07, 6.45) is 0. The molecule has 0 heterocycles. The lowest BCUT2D eigenvalue weighted by atomic mass is 10.1. The molecule has 70 valence electrons. The van der Waals surface area contributed by atoms with E-state index in [0.717, 1.165) is 3.57 Å². The molecule has 0 aliphatic rings. The van der Waals surface area contributed by atoms with Gasteiger partial charge in [0.25, 0.3) is 0 Å². The minimum Gasteiger partial charge on any atom is -0.293 e. The van der Waals surface area contributed by atoms with Crippen molar-refractivity contribution in [3.63, 3.8) is 0 Å². The molecule has 1 rings (SSSR count). The molecule has 0 saturated heterocycles. The number of carbonyl (C=O) groups is 1. The van der Waals surface area contributed by atoms with Crippen molar-refractivity contribution in [2.24, 2.45) is 0 Å². The lowest BCUT2D eigenvalue weighted by Crippen LogP contribution is -2.01. The summed E-state index contributed by atoms with van der Waals surface area (Å²) < 4.78 is 0.843. The highest BCUT2D eigenvalue weighted by Gasteiger charge is 2.11. The molecule has 0 unspecified atom stereocenters. The van der Waals surface area contributed by atoms with Gasteiger partial charge in [-0.1, -0.05) is 39.1 Å². The predicted molar refractivity (Wildman–Crippen MR) is 67.3 cm³/mol. The highest BCUT2D eigenvalue weighted by Crippen LogP contribution is 2.26. The van der Waals surface area contributed by atoms with E-state index in [2.05, 4.69) is 38.5 Å². The fourth-order valence-electron chi connectivity index (χ4n) is 0.808. The quantitative estimate of drug-likeness (QED) is 0.319. The zero-order chi connectivity index (χ0) is 10.0. The first-order valence-corrected chi connectivity index (χ1v) is 6.25. The molecule has 0 radical (unpaired) electrons. The molecule has 0 aromatic heterocycles. The maximum atomic E-state index is 11.3. The number of ketones is 1. The molecular formula is C8H4BrCl2IO. The van der Waals surface area contributed by atoms with Crippen LogP contribution in [0.3, 0.4) is 0 Å². The van der Waals surface area contributed by atoms with E-state index in [9.17, 15) is 4.79 Å². The van der Waals surface area contributed by atoms with Crippen LogP contribution in [0.1, 0.15) is 10.4 Å². The average Bonchev–Trinajstić information content (AvgIpc) is 2.10. The van der Waals surface area contributed by atoms with Crippen molar-refractivity contribution in [2.45, 2.75) is 0 Å². The van der Waals surface area contributed by atoms with Crippen LogP contribution in [0.2, 0.25) is 10.0 Å². The molecule has 1 aromatic carbocycles. The van der Waals surface area contributed by atoms with Gasteiger partial charge in [0.15, 0.2) is 5.78 Å². The number of rotatable bonds is 2. The van der Waals surface area contributed by atoms with Crippen molar-refractivity contribution in [1.82, 2.24) is 0 Å². The van der Waals surface area contributed by atoms with Gasteiger partial charge in [-0.15, -0.1) is 0 Å². The van der Waals surface area contributed by atoms with Crippen molar-refractivity contribution < 1.29 is 4.79 Å². The molecule has 13 heavy (non-hydrogen) atoms. The van der Waals surface area contributed by atoms with Crippen LogP contribution in [0.25, 0.3) is 0 Å². The fraction of sp³-hybridized carbons (Fsp3) is 0.125. The van der Waals surface area contributed by atoms with Gasteiger partial charge in [-0.2, -0.15) is 0 Å². The van der Waals surface area contributed by atoms with E-state index in [-0.39, 0.29) is 11.1 Å². The SMILES string of the molecule is O=C(CBr)c1cc(Cl)c(I)cc1Cl. The molecule has 0 aliphatic heterocycles. The number of alkyl halides is 1. The molecule has 0 atom stereocenters. The molecule has 0 saturated carbocycles. The standard InChI is InChI=1S/C8H4BrCl2IO/c9-3-8(13)4-1-6(11)7(12)2-5(4)10/h1-2H,3H2. The van der Waals surface area contributed by atoms with Crippen LogP contribution in [0.4, 0.5) is 0 Å². The Morgan fingerprint density at radius 1 is 1.38 bits per heavy atom. The average molecular weight is 394 g/mol. The predicted octanol–water partition coefficient (Wildman–Crippen LogP) is 4.18. The molecule has 0 amide bonds. The van der Waals surface area contributed by atoms with Crippen LogP contribution in [0.5, 0.6) is 0 Å². The van der Waals surface area contributed by atoms with Crippen molar-refractivity contribution >= 4 is 67.5 Å². The Bertz CT molecular complexity index is 354. The molecule has 1 aromatic rings. The van der Waals surface area contributed by atoms with Gasteiger partial charge in [0.2, 0.25) is 0 Å². The van der Waals surface area contributed by atoms with Gasteiger partial charge in [0.05, 0.1) is 15.4 Å². The summed E-state index contributed by atoms with van der Waals surface area (Å²) >= 11 is 16.9. The van der Waals surface area contributed by atoms with E-state index >= 15 is 0 Å². The second-order valence-electron chi connectivity index (χ2n) is 2.30. The first-order chi connectivity index (χ1) is 6.06. The second kappa shape index (κ2) is 4.96. The number of benzene rings is 1. The van der Waals surface area contributed by atoms with E-state index in [4.69, 9.17) is 23.2 Å². The maximum Gasteiger partial charge on any atom is 0.174 e. The number of hydrogen-bond acceptors (Lipinski definition) is 1. The van der Waals surface area contributed by atoms with Crippen molar-refractivity contribution in [3.05, 3.63) is 31.3 Å². The maximum absolute atomic E-state index is 11.3. The van der Waals surface area contributed by atoms with Gasteiger partial charge < -0.3 is 0 Å². The van der Waals surface area contributed by atoms with Crippen LogP contribution in [0.15, 0.2) is 12.1 Å². The van der Waals surface area contributed by atoms with E-state index in [0.29, 0.717) is 15.6 Å². The Labute approximate surface area is 108 Å². The van der Waals surface area contributed by atoms with Gasteiger partial charge in [0.1, 0.15) is 0 Å². The summed E-state index contributed by atoms with van der Waals surface area (Å²) in [5.41, 5.74) is 0.462. The highest BCUT2D eigenvalue weighted by molar-refractivity contribution is 14.1. The molecule has 0 N–H and O–H groups in total. The zero-order valence-electron chi connectivity index (χ0n) is 6.28. The highest BCUT2D eigenvalue weighted by atomic mass is 127. The molecular weight excluding hydrogens is 390 g/mol. The molecule has 0 spiro atoms. The smallest absolute Gasteiger partial charge is 0.174 e. The lowest BCUT2D eigenvalue weighted by molar-refractivity contribution is 0.102. The minimum atomic E-state index is -0.0664. The Morgan fingerprint density at radius 2 is 2.00 bits per heavy atom. The Kier molecular flexibility index (Phi) is 4.48. The second-order valence-corrected chi connectivity index (χ2v) is 4.84. The number of Topliss-reactive ketones (excluding diaryl/α,β-unsaturated/α-hetero) is 1. The Balaban J connectivity index is 3.23. The van der Waals surface area contributed by atoms with Crippen molar-refractivity contribution in [2.75, 3.05) is 5.33 Å². The minimum absolute atomic E-state index is 0.0664. The monoisotopic (exact) mass is 392 g/mol. The topological polar surface area (TPSA) is 17.1 Å². The first kappa shape index (κ1) is 11.8. The summed E-state index contributed by atoms with van der Waals surface area (Å²) in [5.74, 6) is -0.0664. The Hall–Kier alpha value is 0.680. The van der Waals surface area contributed by atoms with Gasteiger partial charge in [-0.25, -0.2) is 0 Å². The van der Waals surface area contributed by atoms with Crippen LogP contribution in [-0.4, -0.2) is 11.1 Å². The summed E-state index contributed by atoms with van der Waals surface area (Å²) in [6.45, 7) is 0. The summed E-state index contributed by atoms with van der Waals surface area (Å²) in [4.78, 5) is 11.3. The van der Waals surface area contributed by atoms with Gasteiger partial charge in [-0.3, -0.25) is 4.79 Å². The van der Waals surface area contributed by atoms with Crippen LogP contribution in [-0.2, 0) is 0 Å². The van der Waals surface area contributed by atoms with E-state index < -0.39 is 0 Å². The summed E-state index contributed by atoms with van der Waals surface area (Å²) in [5, 5.41) is 1.25. The molecule has 5 heteroatoms. The Morgan fingerprint density at radius 3 is 2.54 bits per heavy atom. The summed E-state index contributed by atoms with van der Waals surface area (Å²) in [7, 11) is 0. The lowest BCUT2D eigenvalue weighted by Gasteiger charge is -2.03. The third-order valence-electron chi connectivity index (χ3n) is 1.43. The first-order valence-electron chi connectivity index (χ1n) is 3.30. The van der Waals surface area contributed by atoms with Crippen LogP contribution < -0.4 is 0 Å².